The number of nitrogens with zero attached hydrogens (tertiary/aromatic N) is 3. The fraction of sp³-hybridized carbons (Fsp3) is 0.727. The summed E-state index contributed by atoms with van der Waals surface area (Å²) in [6.07, 6.45) is -5.83. The summed E-state index contributed by atoms with van der Waals surface area (Å²) in [5.41, 5.74) is -2.36. The molecule has 1 aromatic rings. The highest BCUT2D eigenvalue weighted by molar-refractivity contribution is 5.19. The fourth-order valence-electron chi connectivity index (χ4n) is 2.31. The van der Waals surface area contributed by atoms with E-state index >= 15 is 0 Å². The number of methoxy groups -OCH3 is 1. The van der Waals surface area contributed by atoms with Crippen molar-refractivity contribution in [3.63, 3.8) is 0 Å². The Kier molecular flexibility index (Phi) is 3.76. The van der Waals surface area contributed by atoms with Gasteiger partial charge in [0.05, 0.1) is 0 Å². The minimum atomic E-state index is -4.47. The number of likely N-dealkylation sites (tertiary alicyclic amines) is 1. The van der Waals surface area contributed by atoms with Crippen LogP contribution in [0.1, 0.15) is 17.7 Å². The molecule has 4 nitrogen and oxygen atoms in total. The number of alkyl halides is 5. The van der Waals surface area contributed by atoms with Crippen molar-refractivity contribution in [2.24, 2.45) is 7.05 Å². The molecule has 1 aliphatic rings. The van der Waals surface area contributed by atoms with Crippen molar-refractivity contribution in [3.8, 4) is 0 Å². The highest BCUT2D eigenvalue weighted by Gasteiger charge is 2.62. The third-order valence-electron chi connectivity index (χ3n) is 3.40. The molecule has 0 amide bonds. The molecule has 0 aliphatic carbocycles. The zero-order valence-corrected chi connectivity index (χ0v) is 10.9. The maximum atomic E-state index is 12.8. The molecule has 0 aromatic carbocycles. The molecule has 20 heavy (non-hydrogen) atoms. The Morgan fingerprint density at radius 3 is 2.45 bits per heavy atom. The molecular weight excluding hydrogens is 285 g/mol. The van der Waals surface area contributed by atoms with Gasteiger partial charge >= 0.3 is 6.18 Å². The van der Waals surface area contributed by atoms with Crippen LogP contribution in [0.4, 0.5) is 22.0 Å². The van der Waals surface area contributed by atoms with Crippen LogP contribution in [0.15, 0.2) is 6.20 Å². The molecule has 0 radical (unpaired) electrons. The lowest BCUT2D eigenvalue weighted by atomic mass is 9.92. The van der Waals surface area contributed by atoms with Gasteiger partial charge in [-0.25, -0.2) is 8.78 Å². The number of aromatic nitrogens is 2. The van der Waals surface area contributed by atoms with Crippen LogP contribution in [0, 0.1) is 0 Å². The van der Waals surface area contributed by atoms with E-state index < -0.39 is 23.9 Å². The molecule has 1 saturated heterocycles. The SMILES string of the molecule is COC1(C(F)(F)F)CN(Cc2cn(C)nc2C(F)F)C1. The average molecular weight is 299 g/mol. The number of hydrogen-bond acceptors (Lipinski definition) is 3. The molecule has 2 rings (SSSR count). The van der Waals surface area contributed by atoms with Gasteiger partial charge in [0, 0.05) is 45.6 Å². The molecule has 0 atom stereocenters. The maximum Gasteiger partial charge on any atom is 0.419 e. The van der Waals surface area contributed by atoms with Crippen LogP contribution in [0.5, 0.6) is 0 Å². The first-order chi connectivity index (χ1) is 9.18. The second-order valence-corrected chi connectivity index (χ2v) is 4.86. The van der Waals surface area contributed by atoms with E-state index in [0.29, 0.717) is 0 Å². The third-order valence-corrected chi connectivity index (χ3v) is 3.40. The molecule has 9 heteroatoms. The zero-order chi connectivity index (χ0) is 15.1. The van der Waals surface area contributed by atoms with Crippen LogP contribution in [-0.2, 0) is 18.3 Å². The van der Waals surface area contributed by atoms with E-state index in [2.05, 4.69) is 9.84 Å². The highest BCUT2D eigenvalue weighted by Crippen LogP contribution is 2.41. The predicted molar refractivity (Wildman–Crippen MR) is 59.2 cm³/mol. The van der Waals surface area contributed by atoms with Crippen LogP contribution >= 0.6 is 0 Å². The summed E-state index contributed by atoms with van der Waals surface area (Å²) >= 11 is 0. The Balaban J connectivity index is 2.05. The van der Waals surface area contributed by atoms with Crippen molar-refractivity contribution < 1.29 is 26.7 Å². The van der Waals surface area contributed by atoms with Crippen molar-refractivity contribution in [2.45, 2.75) is 24.7 Å². The Morgan fingerprint density at radius 1 is 1.40 bits per heavy atom. The van der Waals surface area contributed by atoms with Crippen LogP contribution in [-0.4, -0.2) is 46.7 Å². The lowest BCUT2D eigenvalue weighted by Crippen LogP contribution is -2.69. The van der Waals surface area contributed by atoms with Gasteiger partial charge in [-0.1, -0.05) is 0 Å². The first-order valence-electron chi connectivity index (χ1n) is 5.83. The summed E-state index contributed by atoms with van der Waals surface area (Å²) in [4.78, 5) is 1.40. The number of hydrogen-bond donors (Lipinski definition) is 0. The van der Waals surface area contributed by atoms with Gasteiger partial charge in [-0.05, 0) is 0 Å². The Morgan fingerprint density at radius 2 is 2.00 bits per heavy atom. The number of rotatable bonds is 4. The monoisotopic (exact) mass is 299 g/mol. The molecule has 1 aliphatic heterocycles. The second-order valence-electron chi connectivity index (χ2n) is 4.86. The molecule has 0 spiro atoms. The second kappa shape index (κ2) is 4.96. The predicted octanol–water partition coefficient (Wildman–Crippen LogP) is 2.12. The lowest BCUT2D eigenvalue weighted by molar-refractivity contribution is -0.312. The summed E-state index contributed by atoms with van der Waals surface area (Å²) < 4.78 is 69.6. The largest absolute Gasteiger partial charge is 0.419 e. The van der Waals surface area contributed by atoms with E-state index in [9.17, 15) is 22.0 Å². The molecule has 2 heterocycles. The molecule has 0 saturated carbocycles. The summed E-state index contributed by atoms with van der Waals surface area (Å²) in [7, 11) is 2.49. The average Bonchev–Trinajstić information content (AvgIpc) is 2.62. The molecule has 0 N–H and O–H groups in total. The van der Waals surface area contributed by atoms with Crippen molar-refractivity contribution in [1.82, 2.24) is 14.7 Å². The van der Waals surface area contributed by atoms with Gasteiger partial charge in [0.1, 0.15) is 5.69 Å². The summed E-state index contributed by atoms with van der Waals surface area (Å²) in [6, 6.07) is 0. The Bertz CT molecular complexity index is 479. The topological polar surface area (TPSA) is 30.3 Å². The smallest absolute Gasteiger partial charge is 0.366 e. The van der Waals surface area contributed by atoms with Gasteiger partial charge in [-0.15, -0.1) is 0 Å². The van der Waals surface area contributed by atoms with Crippen LogP contribution < -0.4 is 0 Å². The van der Waals surface area contributed by atoms with Gasteiger partial charge in [0.15, 0.2) is 5.60 Å². The summed E-state index contributed by atoms with van der Waals surface area (Å²) in [5, 5.41) is 3.61. The highest BCUT2D eigenvalue weighted by atomic mass is 19.4. The number of halogens is 5. The maximum absolute atomic E-state index is 12.8. The zero-order valence-electron chi connectivity index (χ0n) is 10.9. The third kappa shape index (κ3) is 2.51. The van der Waals surface area contributed by atoms with E-state index in [1.165, 1.54) is 22.8 Å². The van der Waals surface area contributed by atoms with Crippen molar-refractivity contribution in [3.05, 3.63) is 17.5 Å². The van der Waals surface area contributed by atoms with Gasteiger partial charge in [-0.2, -0.15) is 18.3 Å². The van der Waals surface area contributed by atoms with Crippen LogP contribution in [0.25, 0.3) is 0 Å². The molecule has 0 bridgehead atoms. The van der Waals surface area contributed by atoms with E-state index in [-0.39, 0.29) is 25.2 Å². The van der Waals surface area contributed by atoms with E-state index in [0.717, 1.165) is 7.11 Å². The number of aryl methyl sites for hydroxylation is 1. The first-order valence-corrected chi connectivity index (χ1v) is 5.83. The van der Waals surface area contributed by atoms with E-state index in [1.807, 2.05) is 0 Å². The first kappa shape index (κ1) is 15.2. The van der Waals surface area contributed by atoms with Crippen molar-refractivity contribution >= 4 is 0 Å². The Labute approximate surface area is 112 Å². The molecule has 114 valence electrons. The molecular formula is C11H14F5N3O. The summed E-state index contributed by atoms with van der Waals surface area (Å²) in [5.74, 6) is 0. The fourth-order valence-corrected chi connectivity index (χ4v) is 2.31. The molecule has 1 aromatic heterocycles. The van der Waals surface area contributed by atoms with Crippen LogP contribution in [0.2, 0.25) is 0 Å². The molecule has 1 fully saturated rings. The normalized spacial score (nSPS) is 19.4. The minimum absolute atomic E-state index is 0.00525. The van der Waals surface area contributed by atoms with E-state index in [1.54, 1.807) is 0 Å². The van der Waals surface area contributed by atoms with Crippen molar-refractivity contribution in [2.75, 3.05) is 20.2 Å². The van der Waals surface area contributed by atoms with E-state index in [4.69, 9.17) is 0 Å². The van der Waals surface area contributed by atoms with Gasteiger partial charge in [0.2, 0.25) is 0 Å². The summed E-state index contributed by atoms with van der Waals surface area (Å²) in [6.45, 7) is -0.746. The van der Waals surface area contributed by atoms with Crippen LogP contribution in [0.3, 0.4) is 0 Å². The van der Waals surface area contributed by atoms with Gasteiger partial charge < -0.3 is 4.74 Å². The van der Waals surface area contributed by atoms with Gasteiger partial charge in [0.25, 0.3) is 6.43 Å². The molecule has 0 unspecified atom stereocenters. The number of ether oxygens (including phenoxy) is 1. The lowest BCUT2D eigenvalue weighted by Gasteiger charge is -2.49. The van der Waals surface area contributed by atoms with Crippen molar-refractivity contribution in [1.29, 1.82) is 0 Å². The quantitative estimate of drug-likeness (QED) is 0.798. The standard InChI is InChI=1S/C11H14F5N3O/c1-18-3-7(8(17-18)9(12)13)4-19-5-10(6-19,20-2)11(14,15)16/h3,9H,4-6H2,1-2H3. The Hall–Kier alpha value is -1.22. The minimum Gasteiger partial charge on any atom is -0.366 e. The van der Waals surface area contributed by atoms with Gasteiger partial charge in [-0.3, -0.25) is 9.58 Å².